The lowest BCUT2D eigenvalue weighted by atomic mass is 10.1. The summed E-state index contributed by atoms with van der Waals surface area (Å²) in [4.78, 5) is 26.7. The standard InChI is InChI=1S/C10H18N2O2S/c1-5-11-8(13)7(6-15)12(9(11)14)10(2,3)4/h7,15H,5-6H2,1-4H3. The number of carbonyl (C=O) groups excluding carboxylic acids is 2. The zero-order chi connectivity index (χ0) is 11.8. The molecular weight excluding hydrogens is 212 g/mol. The summed E-state index contributed by atoms with van der Waals surface area (Å²) in [5.74, 6) is 0.241. The molecule has 0 aromatic rings. The lowest BCUT2D eigenvalue weighted by Crippen LogP contribution is -2.49. The van der Waals surface area contributed by atoms with Crippen LogP contribution in [0.4, 0.5) is 4.79 Å². The number of hydrogen-bond donors (Lipinski definition) is 1. The van der Waals surface area contributed by atoms with Crippen molar-refractivity contribution in [2.45, 2.75) is 39.3 Å². The Bertz CT molecular complexity index is 286. The van der Waals surface area contributed by atoms with E-state index in [0.717, 1.165) is 0 Å². The number of carbonyl (C=O) groups is 2. The van der Waals surface area contributed by atoms with Crippen LogP contribution >= 0.6 is 12.6 Å². The Morgan fingerprint density at radius 3 is 2.13 bits per heavy atom. The van der Waals surface area contributed by atoms with Gasteiger partial charge in [-0.15, -0.1) is 0 Å². The topological polar surface area (TPSA) is 40.6 Å². The first kappa shape index (κ1) is 12.4. The SMILES string of the molecule is CCN1C(=O)C(CS)N(C(C)(C)C)C1=O. The molecule has 15 heavy (non-hydrogen) atoms. The highest BCUT2D eigenvalue weighted by molar-refractivity contribution is 7.80. The molecule has 0 saturated carbocycles. The molecule has 1 saturated heterocycles. The molecule has 0 aromatic heterocycles. The van der Waals surface area contributed by atoms with Crippen molar-refractivity contribution in [1.82, 2.24) is 9.80 Å². The molecule has 4 nitrogen and oxygen atoms in total. The van der Waals surface area contributed by atoms with Gasteiger partial charge in [-0.25, -0.2) is 4.79 Å². The van der Waals surface area contributed by atoms with E-state index in [1.807, 2.05) is 20.8 Å². The van der Waals surface area contributed by atoms with Crippen LogP contribution in [0.3, 0.4) is 0 Å². The van der Waals surface area contributed by atoms with E-state index >= 15 is 0 Å². The molecule has 0 radical (unpaired) electrons. The van der Waals surface area contributed by atoms with E-state index in [-0.39, 0.29) is 17.5 Å². The molecule has 1 unspecified atom stereocenters. The molecule has 1 heterocycles. The average Bonchev–Trinajstić information content (AvgIpc) is 2.36. The zero-order valence-corrected chi connectivity index (χ0v) is 10.5. The third kappa shape index (κ3) is 1.97. The fraction of sp³-hybridized carbons (Fsp3) is 0.800. The predicted molar refractivity (Wildman–Crippen MR) is 62.0 cm³/mol. The highest BCUT2D eigenvalue weighted by atomic mass is 32.1. The molecule has 1 fully saturated rings. The Morgan fingerprint density at radius 2 is 1.87 bits per heavy atom. The molecule has 1 aliphatic rings. The number of amides is 3. The first-order valence-electron chi connectivity index (χ1n) is 5.10. The van der Waals surface area contributed by atoms with Crippen LogP contribution in [0.25, 0.3) is 0 Å². The number of hydrogen-bond acceptors (Lipinski definition) is 3. The maximum absolute atomic E-state index is 12.0. The summed E-state index contributed by atoms with van der Waals surface area (Å²) in [7, 11) is 0. The summed E-state index contributed by atoms with van der Waals surface area (Å²) in [5.41, 5.74) is -0.343. The monoisotopic (exact) mass is 230 g/mol. The van der Waals surface area contributed by atoms with Crippen LogP contribution in [-0.4, -0.2) is 45.6 Å². The van der Waals surface area contributed by atoms with Crippen molar-refractivity contribution in [3.63, 3.8) is 0 Å². The molecule has 5 heteroatoms. The summed E-state index contributed by atoms with van der Waals surface area (Å²) >= 11 is 4.14. The minimum Gasteiger partial charge on any atom is -0.307 e. The molecular formula is C10H18N2O2S. The lowest BCUT2D eigenvalue weighted by molar-refractivity contribution is -0.128. The molecule has 0 spiro atoms. The number of rotatable bonds is 2. The predicted octanol–water partition coefficient (Wildman–Crippen LogP) is 1.37. The highest BCUT2D eigenvalue weighted by Gasteiger charge is 2.47. The van der Waals surface area contributed by atoms with Gasteiger partial charge in [0.05, 0.1) is 0 Å². The van der Waals surface area contributed by atoms with Crippen LogP contribution in [0.15, 0.2) is 0 Å². The number of thiol groups is 1. The van der Waals surface area contributed by atoms with Gasteiger partial charge < -0.3 is 4.90 Å². The van der Waals surface area contributed by atoms with E-state index in [1.165, 1.54) is 4.90 Å². The van der Waals surface area contributed by atoms with Crippen molar-refractivity contribution in [2.75, 3.05) is 12.3 Å². The molecule has 0 bridgehead atoms. The number of likely N-dealkylation sites (N-methyl/N-ethyl adjacent to an activating group) is 1. The fourth-order valence-electron chi connectivity index (χ4n) is 1.85. The summed E-state index contributed by atoms with van der Waals surface area (Å²) in [6.45, 7) is 8.00. The van der Waals surface area contributed by atoms with Crippen LogP contribution < -0.4 is 0 Å². The van der Waals surface area contributed by atoms with Crippen LogP contribution in [0.2, 0.25) is 0 Å². The molecule has 0 aliphatic carbocycles. The maximum Gasteiger partial charge on any atom is 0.327 e. The van der Waals surface area contributed by atoms with Gasteiger partial charge in [-0.3, -0.25) is 9.69 Å². The van der Waals surface area contributed by atoms with Crippen molar-refractivity contribution >= 4 is 24.6 Å². The van der Waals surface area contributed by atoms with Gasteiger partial charge in [-0.05, 0) is 27.7 Å². The summed E-state index contributed by atoms with van der Waals surface area (Å²) in [6.07, 6.45) is 0. The maximum atomic E-state index is 12.0. The number of imide groups is 1. The van der Waals surface area contributed by atoms with E-state index in [2.05, 4.69) is 12.6 Å². The first-order valence-corrected chi connectivity index (χ1v) is 5.73. The molecule has 1 rings (SSSR count). The second-order valence-corrected chi connectivity index (χ2v) is 4.97. The Kier molecular flexibility index (Phi) is 3.33. The Morgan fingerprint density at radius 1 is 1.33 bits per heavy atom. The van der Waals surface area contributed by atoms with Gasteiger partial charge in [-0.2, -0.15) is 12.6 Å². The van der Waals surface area contributed by atoms with Gasteiger partial charge in [-0.1, -0.05) is 0 Å². The second-order valence-electron chi connectivity index (χ2n) is 4.60. The lowest BCUT2D eigenvalue weighted by Gasteiger charge is -2.34. The van der Waals surface area contributed by atoms with Gasteiger partial charge in [0.1, 0.15) is 6.04 Å². The highest BCUT2D eigenvalue weighted by Crippen LogP contribution is 2.27. The van der Waals surface area contributed by atoms with Crippen molar-refractivity contribution in [2.24, 2.45) is 0 Å². The Hall–Kier alpha value is -0.710. The van der Waals surface area contributed by atoms with Crippen molar-refractivity contribution in [1.29, 1.82) is 0 Å². The molecule has 1 atom stereocenters. The largest absolute Gasteiger partial charge is 0.327 e. The van der Waals surface area contributed by atoms with Crippen LogP contribution in [0, 0.1) is 0 Å². The minimum atomic E-state index is -0.416. The summed E-state index contributed by atoms with van der Waals surface area (Å²) < 4.78 is 0. The van der Waals surface area contributed by atoms with Crippen LogP contribution in [0.5, 0.6) is 0 Å². The molecule has 3 amide bonds. The van der Waals surface area contributed by atoms with Crippen LogP contribution in [0.1, 0.15) is 27.7 Å². The third-order valence-electron chi connectivity index (χ3n) is 2.51. The minimum absolute atomic E-state index is 0.132. The van der Waals surface area contributed by atoms with Crippen molar-refractivity contribution < 1.29 is 9.59 Å². The van der Waals surface area contributed by atoms with E-state index in [1.54, 1.807) is 11.8 Å². The van der Waals surface area contributed by atoms with E-state index in [0.29, 0.717) is 12.3 Å². The van der Waals surface area contributed by atoms with E-state index in [9.17, 15) is 9.59 Å². The second kappa shape index (κ2) is 4.04. The third-order valence-corrected chi connectivity index (χ3v) is 2.86. The molecule has 0 N–H and O–H groups in total. The number of urea groups is 1. The van der Waals surface area contributed by atoms with Gasteiger partial charge >= 0.3 is 6.03 Å². The first-order chi connectivity index (χ1) is 6.84. The molecule has 0 aromatic carbocycles. The van der Waals surface area contributed by atoms with Gasteiger partial charge in [0, 0.05) is 17.8 Å². The van der Waals surface area contributed by atoms with Crippen molar-refractivity contribution in [3.05, 3.63) is 0 Å². The zero-order valence-electron chi connectivity index (χ0n) is 9.65. The van der Waals surface area contributed by atoms with E-state index in [4.69, 9.17) is 0 Å². The fourth-order valence-corrected chi connectivity index (χ4v) is 2.17. The number of nitrogens with zero attached hydrogens (tertiary/aromatic N) is 2. The van der Waals surface area contributed by atoms with Crippen LogP contribution in [-0.2, 0) is 4.79 Å². The summed E-state index contributed by atoms with van der Waals surface area (Å²) in [6, 6.07) is -0.616. The van der Waals surface area contributed by atoms with Gasteiger partial charge in [0.15, 0.2) is 0 Å². The van der Waals surface area contributed by atoms with Gasteiger partial charge in [0.25, 0.3) is 5.91 Å². The quantitative estimate of drug-likeness (QED) is 0.575. The van der Waals surface area contributed by atoms with E-state index < -0.39 is 6.04 Å². The van der Waals surface area contributed by atoms with Crippen molar-refractivity contribution in [3.8, 4) is 0 Å². The normalized spacial score (nSPS) is 22.9. The Balaban J connectivity index is 3.06. The molecule has 1 aliphatic heterocycles. The Labute approximate surface area is 96.0 Å². The smallest absolute Gasteiger partial charge is 0.307 e. The molecule has 86 valence electrons. The summed E-state index contributed by atoms with van der Waals surface area (Å²) in [5, 5.41) is 0. The average molecular weight is 230 g/mol. The van der Waals surface area contributed by atoms with Gasteiger partial charge in [0.2, 0.25) is 0 Å².